The molecule has 0 spiro atoms. The Morgan fingerprint density at radius 2 is 1.77 bits per heavy atom. The fourth-order valence-corrected chi connectivity index (χ4v) is 3.93. The second-order valence-electron chi connectivity index (χ2n) is 8.26. The van der Waals surface area contributed by atoms with Crippen LogP contribution in [0.1, 0.15) is 55.7 Å². The predicted molar refractivity (Wildman–Crippen MR) is 116 cm³/mol. The van der Waals surface area contributed by atoms with Crippen molar-refractivity contribution in [3.05, 3.63) is 71.0 Å². The van der Waals surface area contributed by atoms with Crippen LogP contribution in [0.25, 0.3) is 0 Å². The molecule has 30 heavy (non-hydrogen) atoms. The Labute approximate surface area is 178 Å². The molecule has 3 rings (SSSR count). The van der Waals surface area contributed by atoms with Crippen molar-refractivity contribution in [2.45, 2.75) is 71.0 Å². The molecule has 5 heteroatoms. The third-order valence-electron chi connectivity index (χ3n) is 5.92. The maximum atomic E-state index is 14.3. The molecule has 0 aliphatic heterocycles. The maximum absolute atomic E-state index is 14.3. The van der Waals surface area contributed by atoms with Crippen molar-refractivity contribution < 1.29 is 14.0 Å². The van der Waals surface area contributed by atoms with E-state index in [-0.39, 0.29) is 36.6 Å². The molecule has 160 valence electrons. The highest BCUT2D eigenvalue weighted by Gasteiger charge is 2.28. The van der Waals surface area contributed by atoms with E-state index >= 15 is 0 Å². The highest BCUT2D eigenvalue weighted by atomic mass is 19.1. The highest BCUT2D eigenvalue weighted by molar-refractivity contribution is 5.87. The number of benzene rings is 2. The van der Waals surface area contributed by atoms with Gasteiger partial charge in [-0.1, -0.05) is 60.9 Å². The molecule has 1 atom stereocenters. The zero-order valence-electron chi connectivity index (χ0n) is 17.9. The van der Waals surface area contributed by atoms with Gasteiger partial charge in [0.1, 0.15) is 11.9 Å². The standard InChI is InChI=1S/C25H31FN2O2/c1-18-11-13-20(14-12-18)15-16-24(29)28(17-21-7-3-6-10-23(21)26)19(2)25(30)27-22-8-4-5-9-22/h3,6-7,10-14,19,22H,4-5,8-9,15-17H2,1-2H3,(H,27,30)/t19-/m0/s1. The first kappa shape index (κ1) is 22.0. The average molecular weight is 411 g/mol. The normalized spacial score (nSPS) is 15.0. The van der Waals surface area contributed by atoms with Crippen LogP contribution in [0.3, 0.4) is 0 Å². The Balaban J connectivity index is 1.71. The molecule has 0 bridgehead atoms. The summed E-state index contributed by atoms with van der Waals surface area (Å²) in [6.07, 6.45) is 5.06. The van der Waals surface area contributed by atoms with Crippen LogP contribution in [0.2, 0.25) is 0 Å². The molecule has 1 saturated carbocycles. The summed E-state index contributed by atoms with van der Waals surface area (Å²) in [5, 5.41) is 3.07. The molecule has 4 nitrogen and oxygen atoms in total. The smallest absolute Gasteiger partial charge is 0.242 e. The molecule has 0 heterocycles. The molecular weight excluding hydrogens is 379 g/mol. The number of rotatable bonds is 8. The van der Waals surface area contributed by atoms with Crippen molar-refractivity contribution in [2.24, 2.45) is 0 Å². The molecule has 2 aromatic rings. The molecule has 0 saturated heterocycles. The van der Waals surface area contributed by atoms with E-state index in [2.05, 4.69) is 5.32 Å². The minimum Gasteiger partial charge on any atom is -0.352 e. The Morgan fingerprint density at radius 1 is 1.10 bits per heavy atom. The van der Waals surface area contributed by atoms with Crippen LogP contribution >= 0.6 is 0 Å². The summed E-state index contributed by atoms with van der Waals surface area (Å²) >= 11 is 0. The lowest BCUT2D eigenvalue weighted by Crippen LogP contribution is -2.49. The van der Waals surface area contributed by atoms with Gasteiger partial charge in [0, 0.05) is 24.6 Å². The van der Waals surface area contributed by atoms with Crippen molar-refractivity contribution in [1.29, 1.82) is 0 Å². The number of aryl methyl sites for hydroxylation is 2. The van der Waals surface area contributed by atoms with Gasteiger partial charge in [-0.25, -0.2) is 4.39 Å². The lowest BCUT2D eigenvalue weighted by atomic mass is 10.1. The van der Waals surface area contributed by atoms with E-state index in [1.807, 2.05) is 31.2 Å². The number of carbonyl (C=O) groups excluding carboxylic acids is 2. The van der Waals surface area contributed by atoms with Crippen molar-refractivity contribution in [3.63, 3.8) is 0 Å². The Bertz CT molecular complexity index is 860. The van der Waals surface area contributed by atoms with Crippen LogP contribution in [0.15, 0.2) is 48.5 Å². The zero-order chi connectivity index (χ0) is 21.5. The van der Waals surface area contributed by atoms with Crippen LogP contribution in [0, 0.1) is 12.7 Å². The molecule has 2 aromatic carbocycles. The fraction of sp³-hybridized carbons (Fsp3) is 0.440. The summed E-state index contributed by atoms with van der Waals surface area (Å²) in [6.45, 7) is 3.84. The van der Waals surface area contributed by atoms with Gasteiger partial charge >= 0.3 is 0 Å². The first-order valence-corrected chi connectivity index (χ1v) is 10.8. The van der Waals surface area contributed by atoms with Crippen LogP contribution < -0.4 is 5.32 Å². The lowest BCUT2D eigenvalue weighted by molar-refractivity contribution is -0.140. The number of nitrogens with zero attached hydrogens (tertiary/aromatic N) is 1. The molecule has 0 radical (unpaired) electrons. The number of nitrogens with one attached hydrogen (secondary N) is 1. The summed E-state index contributed by atoms with van der Waals surface area (Å²) in [4.78, 5) is 27.4. The molecular formula is C25H31FN2O2. The third-order valence-corrected chi connectivity index (χ3v) is 5.92. The average Bonchev–Trinajstić information content (AvgIpc) is 3.25. The van der Waals surface area contributed by atoms with E-state index in [1.54, 1.807) is 25.1 Å². The third kappa shape index (κ3) is 5.91. The van der Waals surface area contributed by atoms with Gasteiger partial charge in [-0.3, -0.25) is 9.59 Å². The van der Waals surface area contributed by atoms with Gasteiger partial charge in [-0.15, -0.1) is 0 Å². The fourth-order valence-electron chi connectivity index (χ4n) is 3.93. The van der Waals surface area contributed by atoms with Crippen molar-refractivity contribution >= 4 is 11.8 Å². The SMILES string of the molecule is Cc1ccc(CCC(=O)N(Cc2ccccc2F)[C@@H](C)C(=O)NC2CCCC2)cc1. The molecule has 2 amide bonds. The van der Waals surface area contributed by atoms with Crippen molar-refractivity contribution in [1.82, 2.24) is 10.2 Å². The molecule has 1 aliphatic carbocycles. The maximum Gasteiger partial charge on any atom is 0.242 e. The first-order valence-electron chi connectivity index (χ1n) is 10.8. The van der Waals surface area contributed by atoms with Crippen LogP contribution in [0.4, 0.5) is 4.39 Å². The number of amides is 2. The van der Waals surface area contributed by atoms with E-state index in [0.717, 1.165) is 31.2 Å². The zero-order valence-corrected chi connectivity index (χ0v) is 17.9. The molecule has 0 unspecified atom stereocenters. The van der Waals surface area contributed by atoms with Crippen LogP contribution in [0.5, 0.6) is 0 Å². The summed E-state index contributed by atoms with van der Waals surface area (Å²) in [7, 11) is 0. The lowest BCUT2D eigenvalue weighted by Gasteiger charge is -2.30. The summed E-state index contributed by atoms with van der Waals surface area (Å²) < 4.78 is 14.3. The largest absolute Gasteiger partial charge is 0.352 e. The minimum atomic E-state index is -0.657. The molecule has 1 aliphatic rings. The molecule has 1 N–H and O–H groups in total. The molecule has 1 fully saturated rings. The predicted octanol–water partition coefficient (Wildman–Crippen LogP) is 4.54. The first-order chi connectivity index (χ1) is 14.4. The van der Waals surface area contributed by atoms with Gasteiger partial charge in [-0.05, 0) is 44.7 Å². The van der Waals surface area contributed by atoms with E-state index in [9.17, 15) is 14.0 Å². The van der Waals surface area contributed by atoms with Gasteiger partial charge in [0.15, 0.2) is 0 Å². The van der Waals surface area contributed by atoms with Gasteiger partial charge in [0.25, 0.3) is 0 Å². The second-order valence-corrected chi connectivity index (χ2v) is 8.26. The van der Waals surface area contributed by atoms with E-state index in [1.165, 1.54) is 16.5 Å². The monoisotopic (exact) mass is 410 g/mol. The van der Waals surface area contributed by atoms with Crippen molar-refractivity contribution in [2.75, 3.05) is 0 Å². The number of hydrogen-bond acceptors (Lipinski definition) is 2. The number of hydrogen-bond donors (Lipinski definition) is 1. The quantitative estimate of drug-likeness (QED) is 0.694. The second kappa shape index (κ2) is 10.4. The van der Waals surface area contributed by atoms with Gasteiger partial charge in [0.2, 0.25) is 11.8 Å². The van der Waals surface area contributed by atoms with E-state index < -0.39 is 6.04 Å². The minimum absolute atomic E-state index is 0.0820. The van der Waals surface area contributed by atoms with Gasteiger partial charge in [0.05, 0.1) is 0 Å². The number of halogens is 1. The van der Waals surface area contributed by atoms with Crippen LogP contribution in [-0.2, 0) is 22.6 Å². The van der Waals surface area contributed by atoms with E-state index in [0.29, 0.717) is 12.0 Å². The van der Waals surface area contributed by atoms with Crippen molar-refractivity contribution in [3.8, 4) is 0 Å². The Morgan fingerprint density at radius 3 is 2.43 bits per heavy atom. The Hall–Kier alpha value is -2.69. The summed E-state index contributed by atoms with van der Waals surface area (Å²) in [5.41, 5.74) is 2.66. The Kier molecular flexibility index (Phi) is 7.61. The molecule has 0 aromatic heterocycles. The van der Waals surface area contributed by atoms with Crippen LogP contribution in [-0.4, -0.2) is 28.8 Å². The highest BCUT2D eigenvalue weighted by Crippen LogP contribution is 2.19. The summed E-state index contributed by atoms with van der Waals surface area (Å²) in [5.74, 6) is -0.674. The van der Waals surface area contributed by atoms with Gasteiger partial charge in [-0.2, -0.15) is 0 Å². The topological polar surface area (TPSA) is 49.4 Å². The van der Waals surface area contributed by atoms with Gasteiger partial charge < -0.3 is 10.2 Å². The number of carbonyl (C=O) groups is 2. The van der Waals surface area contributed by atoms with E-state index in [4.69, 9.17) is 0 Å². The summed E-state index contributed by atoms with van der Waals surface area (Å²) in [6, 6.07) is 14.0.